The number of carboxylic acid groups (broad SMARTS) is 1. The monoisotopic (exact) mass is 529 g/mol. The van der Waals surface area contributed by atoms with Gasteiger partial charge in [-0.1, -0.05) is 18.2 Å². The van der Waals surface area contributed by atoms with E-state index in [-0.39, 0.29) is 6.42 Å². The standard InChI is InChI=1S/C30H35N5O4/c31-20-23-18-26(39-14-10-24-7-6-21-4-2-11-32-30(21)33-24)8-9-27(23)34-28(19-29(36)37)22-3-1-5-25(17-22)35-12-15-38-16-13-35/h1,3,5-9,17-18,20,28,31,34H,2,4,10-16,19H2,(H,32,33)(H,36,37). The second kappa shape index (κ2) is 12.6. The number of pyridine rings is 1. The van der Waals surface area contributed by atoms with Gasteiger partial charge in [-0.05, 0) is 60.4 Å². The van der Waals surface area contributed by atoms with Crippen LogP contribution in [0.25, 0.3) is 0 Å². The van der Waals surface area contributed by atoms with Crippen molar-refractivity contribution in [3.05, 3.63) is 77.0 Å². The van der Waals surface area contributed by atoms with Gasteiger partial charge in [0.25, 0.3) is 0 Å². The lowest BCUT2D eigenvalue weighted by Gasteiger charge is -2.30. The minimum atomic E-state index is -0.897. The first kappa shape index (κ1) is 26.5. The summed E-state index contributed by atoms with van der Waals surface area (Å²) < 4.78 is 11.5. The van der Waals surface area contributed by atoms with E-state index in [4.69, 9.17) is 19.9 Å². The summed E-state index contributed by atoms with van der Waals surface area (Å²) in [4.78, 5) is 18.7. The van der Waals surface area contributed by atoms with Gasteiger partial charge in [-0.2, -0.15) is 0 Å². The van der Waals surface area contributed by atoms with Crippen LogP contribution in [0, 0.1) is 5.41 Å². The van der Waals surface area contributed by atoms with Gasteiger partial charge < -0.3 is 35.5 Å². The van der Waals surface area contributed by atoms with Gasteiger partial charge in [0.05, 0.1) is 32.3 Å². The number of hydrogen-bond acceptors (Lipinski definition) is 8. The van der Waals surface area contributed by atoms with E-state index in [1.807, 2.05) is 36.4 Å². The van der Waals surface area contributed by atoms with Crippen LogP contribution in [0.5, 0.6) is 5.75 Å². The largest absolute Gasteiger partial charge is 0.493 e. The summed E-state index contributed by atoms with van der Waals surface area (Å²) in [6, 6.07) is 17.2. The summed E-state index contributed by atoms with van der Waals surface area (Å²) in [7, 11) is 0. The molecule has 3 aromatic rings. The topological polar surface area (TPSA) is 120 Å². The maximum absolute atomic E-state index is 11.7. The Morgan fingerprint density at radius 1 is 1.21 bits per heavy atom. The van der Waals surface area contributed by atoms with Gasteiger partial charge >= 0.3 is 5.97 Å². The molecule has 5 rings (SSSR count). The van der Waals surface area contributed by atoms with E-state index in [9.17, 15) is 9.90 Å². The summed E-state index contributed by atoms with van der Waals surface area (Å²) in [5.41, 5.74) is 5.48. The van der Waals surface area contributed by atoms with Crippen LogP contribution in [-0.4, -0.2) is 61.7 Å². The van der Waals surface area contributed by atoms with Crippen molar-refractivity contribution in [3.8, 4) is 5.75 Å². The fourth-order valence-electron chi connectivity index (χ4n) is 5.04. The van der Waals surface area contributed by atoms with Crippen LogP contribution < -0.4 is 20.3 Å². The Kier molecular flexibility index (Phi) is 8.58. The molecule has 9 heteroatoms. The van der Waals surface area contributed by atoms with E-state index in [1.54, 1.807) is 6.07 Å². The third-order valence-electron chi connectivity index (χ3n) is 7.11. The van der Waals surface area contributed by atoms with E-state index in [0.29, 0.717) is 43.2 Å². The number of aliphatic carboxylic acids is 1. The number of hydrogen-bond donors (Lipinski definition) is 4. The number of nitrogens with zero attached hydrogens (tertiary/aromatic N) is 2. The number of fused-ring (bicyclic) bond motifs is 1. The minimum Gasteiger partial charge on any atom is -0.493 e. The molecule has 0 saturated carbocycles. The normalized spacial score (nSPS) is 15.5. The molecule has 204 valence electrons. The molecule has 0 spiro atoms. The predicted molar refractivity (Wildman–Crippen MR) is 153 cm³/mol. The molecule has 1 fully saturated rings. The lowest BCUT2D eigenvalue weighted by molar-refractivity contribution is -0.137. The number of carboxylic acids is 1. The summed E-state index contributed by atoms with van der Waals surface area (Å²) >= 11 is 0. The molecule has 2 aliphatic heterocycles. The first-order chi connectivity index (χ1) is 19.1. The first-order valence-corrected chi connectivity index (χ1v) is 13.5. The van der Waals surface area contributed by atoms with Gasteiger partial charge in [-0.25, -0.2) is 4.98 Å². The van der Waals surface area contributed by atoms with Crippen LogP contribution in [0.3, 0.4) is 0 Å². The molecule has 0 amide bonds. The number of carbonyl (C=O) groups is 1. The van der Waals surface area contributed by atoms with Crippen molar-refractivity contribution in [2.45, 2.75) is 31.7 Å². The molecule has 0 aliphatic carbocycles. The highest BCUT2D eigenvalue weighted by atomic mass is 16.5. The lowest BCUT2D eigenvalue weighted by Crippen LogP contribution is -2.36. The number of rotatable bonds is 11. The van der Waals surface area contributed by atoms with Crippen LogP contribution >= 0.6 is 0 Å². The predicted octanol–water partition coefficient (Wildman–Crippen LogP) is 4.52. The zero-order valence-corrected chi connectivity index (χ0v) is 22.0. The highest BCUT2D eigenvalue weighted by Crippen LogP contribution is 2.30. The number of aromatic nitrogens is 1. The average Bonchev–Trinajstić information content (AvgIpc) is 2.97. The Bertz CT molecular complexity index is 1310. The maximum Gasteiger partial charge on any atom is 0.305 e. The molecular formula is C30H35N5O4. The Labute approximate surface area is 228 Å². The van der Waals surface area contributed by atoms with Crippen LogP contribution in [0.2, 0.25) is 0 Å². The third-order valence-corrected chi connectivity index (χ3v) is 7.11. The summed E-state index contributed by atoms with van der Waals surface area (Å²) in [6.07, 6.45) is 4.04. The molecule has 9 nitrogen and oxygen atoms in total. The number of ether oxygens (including phenoxy) is 2. The molecule has 1 aromatic heterocycles. The van der Waals surface area contributed by atoms with Gasteiger partial charge in [0, 0.05) is 54.9 Å². The van der Waals surface area contributed by atoms with Gasteiger partial charge in [-0.15, -0.1) is 0 Å². The summed E-state index contributed by atoms with van der Waals surface area (Å²) in [5.74, 6) is 0.734. The van der Waals surface area contributed by atoms with Crippen LogP contribution in [-0.2, 0) is 22.4 Å². The van der Waals surface area contributed by atoms with Gasteiger partial charge in [0.15, 0.2) is 0 Å². The first-order valence-electron chi connectivity index (χ1n) is 13.5. The van der Waals surface area contributed by atoms with Crippen molar-refractivity contribution >= 4 is 29.4 Å². The Balaban J connectivity index is 1.26. The zero-order chi connectivity index (χ0) is 27.0. The quantitative estimate of drug-likeness (QED) is 0.268. The Morgan fingerprint density at radius 2 is 2.08 bits per heavy atom. The summed E-state index contributed by atoms with van der Waals surface area (Å²) in [6.45, 7) is 4.39. The third kappa shape index (κ3) is 6.86. The number of nitrogens with one attached hydrogen (secondary N) is 3. The number of aryl methyl sites for hydroxylation is 1. The SMILES string of the molecule is N=Cc1cc(OCCc2ccc3c(n2)NCCC3)ccc1NC(CC(=O)O)c1cccc(N2CCOCC2)c1. The van der Waals surface area contributed by atoms with Gasteiger partial charge in [0.2, 0.25) is 0 Å². The second-order valence-corrected chi connectivity index (χ2v) is 9.82. The van der Waals surface area contributed by atoms with Crippen LogP contribution in [0.1, 0.15) is 41.3 Å². The van der Waals surface area contributed by atoms with Gasteiger partial charge in [-0.3, -0.25) is 4.79 Å². The zero-order valence-electron chi connectivity index (χ0n) is 22.0. The van der Waals surface area contributed by atoms with Crippen LogP contribution in [0.15, 0.2) is 54.6 Å². The highest BCUT2D eigenvalue weighted by molar-refractivity contribution is 5.87. The van der Waals surface area contributed by atoms with Crippen molar-refractivity contribution in [3.63, 3.8) is 0 Å². The molecule has 1 unspecified atom stereocenters. The molecule has 0 bridgehead atoms. The van der Waals surface area contributed by atoms with E-state index in [0.717, 1.165) is 55.2 Å². The van der Waals surface area contributed by atoms with E-state index >= 15 is 0 Å². The van der Waals surface area contributed by atoms with E-state index in [1.165, 1.54) is 11.8 Å². The van der Waals surface area contributed by atoms with E-state index < -0.39 is 12.0 Å². The van der Waals surface area contributed by atoms with Crippen molar-refractivity contribution in [1.29, 1.82) is 5.41 Å². The second-order valence-electron chi connectivity index (χ2n) is 9.82. The number of anilines is 3. The molecule has 1 atom stereocenters. The van der Waals surface area contributed by atoms with Gasteiger partial charge in [0.1, 0.15) is 11.6 Å². The van der Waals surface area contributed by atoms with Crippen molar-refractivity contribution in [1.82, 2.24) is 4.98 Å². The average molecular weight is 530 g/mol. The highest BCUT2D eigenvalue weighted by Gasteiger charge is 2.19. The molecule has 39 heavy (non-hydrogen) atoms. The van der Waals surface area contributed by atoms with Crippen molar-refractivity contribution < 1.29 is 19.4 Å². The van der Waals surface area contributed by atoms with Crippen molar-refractivity contribution in [2.24, 2.45) is 0 Å². The molecule has 2 aromatic carbocycles. The minimum absolute atomic E-state index is 0.0924. The fourth-order valence-corrected chi connectivity index (χ4v) is 5.04. The smallest absolute Gasteiger partial charge is 0.305 e. The Morgan fingerprint density at radius 3 is 2.90 bits per heavy atom. The number of benzene rings is 2. The molecule has 3 heterocycles. The lowest BCUT2D eigenvalue weighted by atomic mass is 10.0. The fraction of sp³-hybridized carbons (Fsp3) is 0.367. The Hall–Kier alpha value is -4.11. The number of morpholine rings is 1. The molecule has 0 radical (unpaired) electrons. The maximum atomic E-state index is 11.7. The van der Waals surface area contributed by atoms with Crippen LogP contribution in [0.4, 0.5) is 17.2 Å². The molecule has 4 N–H and O–H groups in total. The van der Waals surface area contributed by atoms with Crippen molar-refractivity contribution in [2.75, 3.05) is 55.0 Å². The van der Waals surface area contributed by atoms with E-state index in [2.05, 4.69) is 27.7 Å². The molecule has 1 saturated heterocycles. The molecule has 2 aliphatic rings. The summed E-state index contributed by atoms with van der Waals surface area (Å²) in [5, 5.41) is 24.3. The molecular weight excluding hydrogens is 494 g/mol.